The van der Waals surface area contributed by atoms with Gasteiger partial charge in [0.15, 0.2) is 0 Å². The molecule has 2 rings (SSSR count). The molecule has 23 heavy (non-hydrogen) atoms. The van der Waals surface area contributed by atoms with Crippen LogP contribution in [-0.2, 0) is 12.7 Å². The summed E-state index contributed by atoms with van der Waals surface area (Å²) in [6.07, 6.45) is -4.60. The summed E-state index contributed by atoms with van der Waals surface area (Å²) in [7, 11) is 0. The Bertz CT molecular complexity index is 753. The quantitative estimate of drug-likeness (QED) is 0.883. The van der Waals surface area contributed by atoms with Gasteiger partial charge in [-0.3, -0.25) is 0 Å². The molecule has 0 unspecified atom stereocenters. The maximum atomic E-state index is 13.2. The highest BCUT2D eigenvalue weighted by molar-refractivity contribution is 6.33. The first kappa shape index (κ1) is 17.4. The molecule has 124 valence electrons. The topological polar surface area (TPSA) is 62.5 Å². The zero-order chi connectivity index (χ0) is 17.4. The molecule has 0 aliphatic carbocycles. The number of nitrogens with zero attached hydrogens (tertiary/aromatic N) is 1. The van der Waals surface area contributed by atoms with Crippen molar-refractivity contribution in [3.63, 3.8) is 0 Å². The maximum absolute atomic E-state index is 13.2. The van der Waals surface area contributed by atoms with Gasteiger partial charge in [-0.25, -0.2) is 4.79 Å². The maximum Gasteiger partial charge on any atom is 0.417 e. The number of aromatic nitrogens is 1. The number of alkyl halides is 3. The smallest absolute Gasteiger partial charge is 0.417 e. The van der Waals surface area contributed by atoms with E-state index in [1.807, 2.05) is 0 Å². The van der Waals surface area contributed by atoms with Gasteiger partial charge in [-0.2, -0.15) is 13.2 Å². The summed E-state index contributed by atoms with van der Waals surface area (Å²) < 4.78 is 40.9. The Morgan fingerprint density at radius 2 is 1.91 bits per heavy atom. The van der Waals surface area contributed by atoms with Gasteiger partial charge in [-0.05, 0) is 18.6 Å². The first-order chi connectivity index (χ1) is 10.7. The van der Waals surface area contributed by atoms with Crippen molar-refractivity contribution in [2.45, 2.75) is 19.6 Å². The molecule has 8 heteroatoms. The number of aromatic carboxylic acids is 1. The number of aliphatic hydroxyl groups excluding tert-OH is 1. The molecule has 0 radical (unpaired) electrons. The molecule has 2 aromatic rings. The van der Waals surface area contributed by atoms with Crippen molar-refractivity contribution in [2.75, 3.05) is 6.61 Å². The third kappa shape index (κ3) is 3.07. The molecule has 4 nitrogen and oxygen atoms in total. The van der Waals surface area contributed by atoms with E-state index in [-0.39, 0.29) is 34.1 Å². The molecule has 1 aromatic carbocycles. The van der Waals surface area contributed by atoms with Crippen molar-refractivity contribution in [1.29, 1.82) is 0 Å². The Morgan fingerprint density at radius 1 is 1.30 bits per heavy atom. The summed E-state index contributed by atoms with van der Waals surface area (Å²) in [4.78, 5) is 11.3. The van der Waals surface area contributed by atoms with Gasteiger partial charge in [0.1, 0.15) is 5.15 Å². The van der Waals surface area contributed by atoms with Gasteiger partial charge in [-0.15, -0.1) is 0 Å². The number of hydrogen-bond acceptors (Lipinski definition) is 2. The lowest BCUT2D eigenvalue weighted by molar-refractivity contribution is -0.137. The fourth-order valence-electron chi connectivity index (χ4n) is 2.55. The minimum atomic E-state index is -4.60. The van der Waals surface area contributed by atoms with E-state index in [2.05, 4.69) is 0 Å². The van der Waals surface area contributed by atoms with Crippen LogP contribution >= 0.6 is 11.6 Å². The highest BCUT2D eigenvalue weighted by Gasteiger charge is 2.35. The molecule has 0 aliphatic heterocycles. The number of carboxylic acid groups (broad SMARTS) is 1. The van der Waals surface area contributed by atoms with E-state index in [1.165, 1.54) is 29.7 Å². The molecule has 0 fully saturated rings. The van der Waals surface area contributed by atoms with Gasteiger partial charge in [-0.1, -0.05) is 29.8 Å². The van der Waals surface area contributed by atoms with Crippen LogP contribution in [0.2, 0.25) is 5.15 Å². The monoisotopic (exact) mass is 347 g/mol. The molecule has 0 spiro atoms. The molecular weight excluding hydrogens is 335 g/mol. The SMILES string of the molecule is Cc1c(C(=O)O)c(Cl)n(CCO)c1-c1ccccc1C(F)(F)F. The van der Waals surface area contributed by atoms with Crippen LogP contribution in [-0.4, -0.2) is 27.4 Å². The summed E-state index contributed by atoms with van der Waals surface area (Å²) >= 11 is 6.01. The van der Waals surface area contributed by atoms with Crippen LogP contribution in [0, 0.1) is 6.92 Å². The van der Waals surface area contributed by atoms with E-state index in [1.54, 1.807) is 0 Å². The van der Waals surface area contributed by atoms with Crippen molar-refractivity contribution >= 4 is 17.6 Å². The van der Waals surface area contributed by atoms with Crippen molar-refractivity contribution in [2.24, 2.45) is 0 Å². The normalized spacial score (nSPS) is 11.7. The highest BCUT2D eigenvalue weighted by atomic mass is 35.5. The minimum Gasteiger partial charge on any atom is -0.478 e. The predicted molar refractivity (Wildman–Crippen MR) is 78.7 cm³/mol. The zero-order valence-electron chi connectivity index (χ0n) is 12.0. The van der Waals surface area contributed by atoms with Crippen LogP contribution < -0.4 is 0 Å². The number of hydrogen-bond donors (Lipinski definition) is 2. The summed E-state index contributed by atoms with van der Waals surface area (Å²) in [6.45, 7) is 0.883. The first-order valence-electron chi connectivity index (χ1n) is 6.59. The van der Waals surface area contributed by atoms with E-state index in [4.69, 9.17) is 16.7 Å². The number of rotatable bonds is 4. The fraction of sp³-hybridized carbons (Fsp3) is 0.267. The molecule has 0 saturated heterocycles. The molecule has 0 bridgehead atoms. The van der Waals surface area contributed by atoms with Gasteiger partial charge in [0.2, 0.25) is 0 Å². The fourth-order valence-corrected chi connectivity index (χ4v) is 2.94. The highest BCUT2D eigenvalue weighted by Crippen LogP contribution is 2.41. The van der Waals surface area contributed by atoms with Crippen LogP contribution in [0.25, 0.3) is 11.3 Å². The Morgan fingerprint density at radius 3 is 2.43 bits per heavy atom. The molecule has 1 aromatic heterocycles. The largest absolute Gasteiger partial charge is 0.478 e. The molecule has 0 saturated carbocycles. The van der Waals surface area contributed by atoms with E-state index in [0.717, 1.165) is 6.07 Å². The Hall–Kier alpha value is -1.99. The number of carboxylic acids is 1. The van der Waals surface area contributed by atoms with E-state index < -0.39 is 24.3 Å². The van der Waals surface area contributed by atoms with Crippen LogP contribution in [0.15, 0.2) is 24.3 Å². The number of aliphatic hydroxyl groups is 1. The molecule has 0 atom stereocenters. The summed E-state index contributed by atoms with van der Waals surface area (Å²) in [5.41, 5.74) is -1.19. The number of carbonyl (C=O) groups is 1. The first-order valence-corrected chi connectivity index (χ1v) is 6.97. The van der Waals surface area contributed by atoms with Crippen molar-refractivity contribution in [3.05, 3.63) is 46.1 Å². The van der Waals surface area contributed by atoms with Gasteiger partial charge in [0.05, 0.1) is 23.4 Å². The van der Waals surface area contributed by atoms with Crippen LogP contribution in [0.4, 0.5) is 13.2 Å². The molecule has 2 N–H and O–H groups in total. The van der Waals surface area contributed by atoms with Crippen LogP contribution in [0.3, 0.4) is 0 Å². The summed E-state index contributed by atoms with van der Waals surface area (Å²) in [5.74, 6) is -1.34. The number of halogens is 4. The average molecular weight is 348 g/mol. The summed E-state index contributed by atoms with van der Waals surface area (Å²) in [5, 5.41) is 18.2. The Labute approximate surface area is 134 Å². The minimum absolute atomic E-state index is 0.0365. The van der Waals surface area contributed by atoms with E-state index in [9.17, 15) is 23.1 Å². The molecular formula is C15H13ClF3NO3. The van der Waals surface area contributed by atoms with Crippen LogP contribution in [0.5, 0.6) is 0 Å². The van der Waals surface area contributed by atoms with Gasteiger partial charge < -0.3 is 14.8 Å². The van der Waals surface area contributed by atoms with Gasteiger partial charge in [0.25, 0.3) is 0 Å². The standard InChI is InChI=1S/C15H13ClF3NO3/c1-8-11(14(22)23)13(16)20(6-7-21)12(8)9-4-2-3-5-10(9)15(17,18)19/h2-5,21H,6-7H2,1H3,(H,22,23). The molecule has 0 aliphatic rings. The number of benzene rings is 1. The second kappa shape index (κ2) is 6.25. The zero-order valence-corrected chi connectivity index (χ0v) is 12.7. The van der Waals surface area contributed by atoms with E-state index >= 15 is 0 Å². The lowest BCUT2D eigenvalue weighted by Gasteiger charge is -2.16. The second-order valence-electron chi connectivity index (χ2n) is 4.86. The van der Waals surface area contributed by atoms with Crippen molar-refractivity contribution < 1.29 is 28.2 Å². The van der Waals surface area contributed by atoms with Crippen LogP contribution in [0.1, 0.15) is 21.5 Å². The molecule has 1 heterocycles. The van der Waals surface area contributed by atoms with Gasteiger partial charge in [0, 0.05) is 12.1 Å². The Kier molecular flexibility index (Phi) is 4.72. The second-order valence-corrected chi connectivity index (χ2v) is 5.22. The average Bonchev–Trinajstić information content (AvgIpc) is 2.69. The molecule has 0 amide bonds. The Balaban J connectivity index is 2.84. The van der Waals surface area contributed by atoms with E-state index in [0.29, 0.717) is 0 Å². The summed E-state index contributed by atoms with van der Waals surface area (Å²) in [6, 6.07) is 4.84. The van der Waals surface area contributed by atoms with Gasteiger partial charge >= 0.3 is 12.1 Å². The lowest BCUT2D eigenvalue weighted by atomic mass is 10.00. The van der Waals surface area contributed by atoms with Crippen molar-refractivity contribution in [3.8, 4) is 11.3 Å². The third-order valence-electron chi connectivity index (χ3n) is 3.47. The van der Waals surface area contributed by atoms with Crippen molar-refractivity contribution in [1.82, 2.24) is 4.57 Å². The lowest BCUT2D eigenvalue weighted by Crippen LogP contribution is -2.10. The third-order valence-corrected chi connectivity index (χ3v) is 3.86. The predicted octanol–water partition coefficient (Wildman–Crippen LogP) is 3.83.